The molecule has 2 fully saturated rings. The maximum Gasteiger partial charge on any atom is 0.135 e. The van der Waals surface area contributed by atoms with Crippen LogP contribution in [0.1, 0.15) is 37.1 Å². The number of benzene rings is 1. The van der Waals surface area contributed by atoms with Crippen LogP contribution in [0.2, 0.25) is 0 Å². The van der Waals surface area contributed by atoms with E-state index in [0.717, 1.165) is 29.9 Å². The molecule has 4 rings (SSSR count). The predicted molar refractivity (Wildman–Crippen MR) is 88.9 cm³/mol. The predicted octanol–water partition coefficient (Wildman–Crippen LogP) is 3.69. The fraction of sp³-hybridized carbons (Fsp3) is 0.474. The number of nitrogens with zero attached hydrogens (tertiary/aromatic N) is 3. The quantitative estimate of drug-likeness (QED) is 0.864. The fourth-order valence-electron chi connectivity index (χ4n) is 4.02. The second-order valence-electron chi connectivity index (χ2n) is 6.70. The molecule has 0 N–H and O–H groups in total. The second-order valence-corrected chi connectivity index (χ2v) is 6.70. The van der Waals surface area contributed by atoms with Gasteiger partial charge in [0, 0.05) is 25.7 Å². The van der Waals surface area contributed by atoms with Crippen molar-refractivity contribution in [3.8, 4) is 0 Å². The lowest BCUT2D eigenvalue weighted by molar-refractivity contribution is 0.299. The van der Waals surface area contributed by atoms with Crippen LogP contribution < -0.4 is 4.90 Å². The van der Waals surface area contributed by atoms with E-state index < -0.39 is 0 Å². The summed E-state index contributed by atoms with van der Waals surface area (Å²) >= 11 is 0. The normalized spacial score (nSPS) is 24.3. The third-order valence-corrected chi connectivity index (χ3v) is 5.20. The molecule has 1 aliphatic heterocycles. The van der Waals surface area contributed by atoms with Gasteiger partial charge < -0.3 is 4.90 Å². The van der Waals surface area contributed by atoms with Gasteiger partial charge >= 0.3 is 0 Å². The van der Waals surface area contributed by atoms with Crippen molar-refractivity contribution in [3.63, 3.8) is 0 Å². The van der Waals surface area contributed by atoms with Crippen LogP contribution in [0.3, 0.4) is 0 Å². The summed E-state index contributed by atoms with van der Waals surface area (Å²) in [5, 5.41) is 0. The molecule has 0 amide bonds. The van der Waals surface area contributed by atoms with Gasteiger partial charge in [-0.05, 0) is 36.3 Å². The van der Waals surface area contributed by atoms with Crippen LogP contribution in [0.25, 0.3) is 0 Å². The molecule has 2 aliphatic rings. The first-order chi connectivity index (χ1) is 10.9. The van der Waals surface area contributed by atoms with Gasteiger partial charge in [-0.25, -0.2) is 9.97 Å². The van der Waals surface area contributed by atoms with Crippen molar-refractivity contribution < 1.29 is 0 Å². The summed E-state index contributed by atoms with van der Waals surface area (Å²) in [6, 6.07) is 12.5. The highest BCUT2D eigenvalue weighted by Crippen LogP contribution is 2.37. The van der Waals surface area contributed by atoms with E-state index in [1.165, 1.54) is 44.3 Å². The van der Waals surface area contributed by atoms with E-state index in [1.54, 1.807) is 0 Å². The minimum Gasteiger partial charge on any atom is -0.356 e. The smallest absolute Gasteiger partial charge is 0.135 e. The van der Waals surface area contributed by atoms with Crippen LogP contribution in [-0.2, 0) is 6.42 Å². The Morgan fingerprint density at radius 2 is 1.68 bits per heavy atom. The molecule has 2 aromatic rings. The van der Waals surface area contributed by atoms with E-state index in [1.807, 2.05) is 12.3 Å². The Morgan fingerprint density at radius 3 is 2.41 bits per heavy atom. The highest BCUT2D eigenvalue weighted by Gasteiger charge is 2.34. The van der Waals surface area contributed by atoms with E-state index in [2.05, 4.69) is 40.2 Å². The Kier molecular flexibility index (Phi) is 3.79. The number of hydrogen-bond acceptors (Lipinski definition) is 3. The summed E-state index contributed by atoms with van der Waals surface area (Å²) < 4.78 is 0. The summed E-state index contributed by atoms with van der Waals surface area (Å²) in [6.45, 7) is 2.37. The Balaban J connectivity index is 1.50. The van der Waals surface area contributed by atoms with E-state index in [-0.39, 0.29) is 0 Å². The van der Waals surface area contributed by atoms with Crippen molar-refractivity contribution in [1.29, 1.82) is 0 Å². The van der Waals surface area contributed by atoms with E-state index in [0.29, 0.717) is 0 Å². The van der Waals surface area contributed by atoms with Crippen LogP contribution in [-0.4, -0.2) is 23.1 Å². The summed E-state index contributed by atoms with van der Waals surface area (Å²) in [7, 11) is 0. The van der Waals surface area contributed by atoms with Crippen LogP contribution in [0.5, 0.6) is 0 Å². The van der Waals surface area contributed by atoms with Crippen molar-refractivity contribution in [2.24, 2.45) is 11.8 Å². The van der Waals surface area contributed by atoms with Crippen molar-refractivity contribution in [2.75, 3.05) is 18.0 Å². The zero-order valence-corrected chi connectivity index (χ0v) is 13.0. The minimum atomic E-state index is 0.815. The van der Waals surface area contributed by atoms with Gasteiger partial charge in [-0.2, -0.15) is 0 Å². The summed E-state index contributed by atoms with van der Waals surface area (Å²) in [6.07, 6.45) is 8.38. The average Bonchev–Trinajstić information content (AvgIpc) is 3.00. The molecule has 0 spiro atoms. The first kappa shape index (κ1) is 13.7. The highest BCUT2D eigenvalue weighted by molar-refractivity contribution is 5.40. The van der Waals surface area contributed by atoms with Crippen molar-refractivity contribution in [3.05, 3.63) is 54.0 Å². The number of aromatic nitrogens is 2. The van der Waals surface area contributed by atoms with Crippen LogP contribution in [0.4, 0.5) is 5.82 Å². The van der Waals surface area contributed by atoms with Gasteiger partial charge in [0.15, 0.2) is 0 Å². The van der Waals surface area contributed by atoms with E-state index in [4.69, 9.17) is 4.98 Å². The lowest BCUT2D eigenvalue weighted by Gasteiger charge is -2.22. The molecular formula is C19H23N3. The Labute approximate surface area is 132 Å². The fourth-order valence-corrected chi connectivity index (χ4v) is 4.02. The molecule has 2 heterocycles. The Morgan fingerprint density at radius 1 is 0.955 bits per heavy atom. The maximum atomic E-state index is 4.82. The SMILES string of the molecule is c1ccc(Cc2nccc(N3CC4CCCCC4C3)n2)cc1. The Hall–Kier alpha value is -1.90. The molecule has 1 aromatic carbocycles. The number of rotatable bonds is 3. The molecule has 3 heteroatoms. The molecule has 114 valence electrons. The number of fused-ring (bicyclic) bond motifs is 1. The lowest BCUT2D eigenvalue weighted by atomic mass is 9.82. The highest BCUT2D eigenvalue weighted by atomic mass is 15.2. The average molecular weight is 293 g/mol. The van der Waals surface area contributed by atoms with Gasteiger partial charge in [-0.3, -0.25) is 0 Å². The monoisotopic (exact) mass is 293 g/mol. The molecule has 2 unspecified atom stereocenters. The molecular weight excluding hydrogens is 270 g/mol. The third kappa shape index (κ3) is 2.85. The van der Waals surface area contributed by atoms with Crippen LogP contribution in [0, 0.1) is 11.8 Å². The first-order valence-electron chi connectivity index (χ1n) is 8.49. The summed E-state index contributed by atoms with van der Waals surface area (Å²) in [4.78, 5) is 11.8. The Bertz CT molecular complexity index is 612. The summed E-state index contributed by atoms with van der Waals surface area (Å²) in [5.41, 5.74) is 1.27. The molecule has 2 atom stereocenters. The van der Waals surface area contributed by atoms with Crippen molar-refractivity contribution >= 4 is 5.82 Å². The topological polar surface area (TPSA) is 29.0 Å². The van der Waals surface area contributed by atoms with Gasteiger partial charge in [0.05, 0.1) is 0 Å². The zero-order chi connectivity index (χ0) is 14.8. The standard InChI is InChI=1S/C19H23N3/c1-2-6-15(7-3-1)12-18-20-11-10-19(21-18)22-13-16-8-4-5-9-17(16)14-22/h1-3,6-7,10-11,16-17H,4-5,8-9,12-14H2. The lowest BCUT2D eigenvalue weighted by Crippen LogP contribution is -2.21. The van der Waals surface area contributed by atoms with Gasteiger partial charge in [-0.1, -0.05) is 43.2 Å². The molecule has 1 aliphatic carbocycles. The zero-order valence-electron chi connectivity index (χ0n) is 13.0. The molecule has 0 radical (unpaired) electrons. The van der Waals surface area contributed by atoms with Gasteiger partial charge in [0.1, 0.15) is 11.6 Å². The van der Waals surface area contributed by atoms with Crippen LogP contribution in [0.15, 0.2) is 42.6 Å². The van der Waals surface area contributed by atoms with E-state index >= 15 is 0 Å². The molecule has 1 aromatic heterocycles. The first-order valence-corrected chi connectivity index (χ1v) is 8.49. The van der Waals surface area contributed by atoms with E-state index in [9.17, 15) is 0 Å². The molecule has 22 heavy (non-hydrogen) atoms. The molecule has 1 saturated carbocycles. The second kappa shape index (κ2) is 6.07. The van der Waals surface area contributed by atoms with Crippen molar-refractivity contribution in [2.45, 2.75) is 32.1 Å². The van der Waals surface area contributed by atoms with Crippen LogP contribution >= 0.6 is 0 Å². The van der Waals surface area contributed by atoms with Gasteiger partial charge in [-0.15, -0.1) is 0 Å². The maximum absolute atomic E-state index is 4.82. The van der Waals surface area contributed by atoms with Crippen molar-refractivity contribution in [1.82, 2.24) is 9.97 Å². The third-order valence-electron chi connectivity index (χ3n) is 5.20. The minimum absolute atomic E-state index is 0.815. The molecule has 1 saturated heterocycles. The van der Waals surface area contributed by atoms with Gasteiger partial charge in [0.25, 0.3) is 0 Å². The largest absolute Gasteiger partial charge is 0.356 e. The number of hydrogen-bond donors (Lipinski definition) is 0. The molecule has 0 bridgehead atoms. The molecule has 3 nitrogen and oxygen atoms in total. The number of anilines is 1. The summed E-state index contributed by atoms with van der Waals surface area (Å²) in [5.74, 6) is 3.83. The van der Waals surface area contributed by atoms with Gasteiger partial charge in [0.2, 0.25) is 0 Å².